The van der Waals surface area contributed by atoms with Crippen LogP contribution >= 0.6 is 11.8 Å². The van der Waals surface area contributed by atoms with Crippen LogP contribution in [0.2, 0.25) is 0 Å². The van der Waals surface area contributed by atoms with Crippen molar-refractivity contribution >= 4 is 11.8 Å². The lowest BCUT2D eigenvalue weighted by molar-refractivity contribution is -0.140. The third-order valence-corrected chi connectivity index (χ3v) is 2.86. The standard InChI is InChI=1S/C10H9F4S/c1-2-6-15-9-7(10(12,13)14)4-3-5-8(9)11/h3-5H,1-2,6H2/q+1. The van der Waals surface area contributed by atoms with Crippen LogP contribution in [0.4, 0.5) is 17.6 Å². The second kappa shape index (κ2) is 4.79. The third-order valence-electron chi connectivity index (χ3n) is 1.66. The molecule has 0 unspecified atom stereocenters. The largest absolute Gasteiger partial charge is 0.417 e. The predicted octanol–water partition coefficient (Wildman–Crippen LogP) is 4.16. The van der Waals surface area contributed by atoms with Gasteiger partial charge in [-0.2, -0.15) is 13.2 Å². The number of rotatable bonds is 3. The summed E-state index contributed by atoms with van der Waals surface area (Å²) in [4.78, 5) is -0.339. The Hall–Kier alpha value is -0.840. The summed E-state index contributed by atoms with van der Waals surface area (Å²) in [6.45, 7) is 3.50. The fourth-order valence-corrected chi connectivity index (χ4v) is 1.95. The van der Waals surface area contributed by atoms with Crippen molar-refractivity contribution in [1.82, 2.24) is 0 Å². The van der Waals surface area contributed by atoms with Gasteiger partial charge < -0.3 is 0 Å². The Bertz CT molecular complexity index is 333. The highest BCUT2D eigenvalue weighted by Crippen LogP contribution is 2.38. The summed E-state index contributed by atoms with van der Waals surface area (Å²) in [6, 6.07) is 2.97. The van der Waals surface area contributed by atoms with Gasteiger partial charge in [0.15, 0.2) is 0 Å². The van der Waals surface area contributed by atoms with E-state index in [2.05, 4.69) is 6.92 Å². The molecule has 0 aliphatic rings. The molecule has 0 spiro atoms. The van der Waals surface area contributed by atoms with Crippen molar-refractivity contribution in [2.24, 2.45) is 0 Å². The van der Waals surface area contributed by atoms with Crippen molar-refractivity contribution in [2.75, 3.05) is 5.75 Å². The second-order valence-corrected chi connectivity index (χ2v) is 3.92. The Morgan fingerprint density at radius 1 is 1.27 bits per heavy atom. The monoisotopic (exact) mass is 237 g/mol. The Balaban J connectivity index is 3.09. The molecule has 0 aliphatic carbocycles. The molecule has 0 aromatic heterocycles. The van der Waals surface area contributed by atoms with Crippen LogP contribution in [0.25, 0.3) is 0 Å². The van der Waals surface area contributed by atoms with Crippen LogP contribution in [0, 0.1) is 12.7 Å². The molecule has 0 nitrogen and oxygen atoms in total. The third kappa shape index (κ3) is 3.06. The lowest BCUT2D eigenvalue weighted by Gasteiger charge is -2.12. The van der Waals surface area contributed by atoms with E-state index in [4.69, 9.17) is 0 Å². The highest BCUT2D eigenvalue weighted by molar-refractivity contribution is 7.99. The van der Waals surface area contributed by atoms with Crippen LogP contribution < -0.4 is 0 Å². The van der Waals surface area contributed by atoms with E-state index in [-0.39, 0.29) is 4.90 Å². The topological polar surface area (TPSA) is 0 Å². The van der Waals surface area contributed by atoms with Crippen molar-refractivity contribution in [3.8, 4) is 0 Å². The highest BCUT2D eigenvalue weighted by Gasteiger charge is 2.34. The Morgan fingerprint density at radius 3 is 2.47 bits per heavy atom. The predicted molar refractivity (Wildman–Crippen MR) is 52.1 cm³/mol. The fraction of sp³-hybridized carbons (Fsp3) is 0.300. The van der Waals surface area contributed by atoms with Gasteiger partial charge >= 0.3 is 6.18 Å². The molecule has 0 bridgehead atoms. The average Bonchev–Trinajstić information content (AvgIpc) is 2.14. The van der Waals surface area contributed by atoms with E-state index in [9.17, 15) is 17.6 Å². The molecule has 0 saturated heterocycles. The van der Waals surface area contributed by atoms with Gasteiger partial charge in [0, 0.05) is 5.75 Å². The first-order valence-corrected chi connectivity index (χ1v) is 5.23. The van der Waals surface area contributed by atoms with Gasteiger partial charge in [0.05, 0.1) is 23.8 Å². The van der Waals surface area contributed by atoms with E-state index >= 15 is 0 Å². The zero-order valence-electron chi connectivity index (χ0n) is 7.77. The minimum absolute atomic E-state index is 0.339. The molecular weight excluding hydrogens is 228 g/mol. The SMILES string of the molecule is [CH2+]CCSc1c(F)cccc1C(F)(F)F. The zero-order valence-corrected chi connectivity index (χ0v) is 8.59. The number of hydrogen-bond donors (Lipinski definition) is 0. The minimum atomic E-state index is -4.51. The van der Waals surface area contributed by atoms with E-state index in [1.165, 1.54) is 0 Å². The van der Waals surface area contributed by atoms with Gasteiger partial charge in [0.2, 0.25) is 0 Å². The molecule has 0 fully saturated rings. The normalized spacial score (nSPS) is 11.7. The van der Waals surface area contributed by atoms with Crippen molar-refractivity contribution in [3.63, 3.8) is 0 Å². The van der Waals surface area contributed by atoms with Crippen molar-refractivity contribution in [3.05, 3.63) is 36.5 Å². The molecule has 0 saturated carbocycles. The summed E-state index contributed by atoms with van der Waals surface area (Å²) >= 11 is 0.843. The van der Waals surface area contributed by atoms with Crippen LogP contribution in [-0.4, -0.2) is 5.75 Å². The first kappa shape index (κ1) is 12.2. The van der Waals surface area contributed by atoms with Crippen LogP contribution in [-0.2, 0) is 6.18 Å². The van der Waals surface area contributed by atoms with E-state index in [0.717, 1.165) is 30.0 Å². The number of hydrogen-bond acceptors (Lipinski definition) is 1. The first-order valence-electron chi connectivity index (χ1n) is 4.24. The molecule has 0 heterocycles. The lowest BCUT2D eigenvalue weighted by Crippen LogP contribution is -2.08. The van der Waals surface area contributed by atoms with Gasteiger partial charge in [-0.05, 0) is 12.1 Å². The molecule has 15 heavy (non-hydrogen) atoms. The van der Waals surface area contributed by atoms with Crippen molar-refractivity contribution in [2.45, 2.75) is 17.5 Å². The maximum absolute atomic E-state index is 13.2. The summed E-state index contributed by atoms with van der Waals surface area (Å²) in [6.07, 6.45) is -4.05. The second-order valence-electron chi connectivity index (χ2n) is 2.82. The molecule has 0 radical (unpaired) electrons. The number of halogens is 4. The molecule has 1 aromatic carbocycles. The van der Waals surface area contributed by atoms with E-state index in [1.807, 2.05) is 0 Å². The molecule has 0 aliphatic heterocycles. The molecule has 0 atom stereocenters. The maximum Gasteiger partial charge on any atom is 0.417 e. The zero-order chi connectivity index (χ0) is 11.5. The summed E-state index contributed by atoms with van der Waals surface area (Å²) in [7, 11) is 0. The summed E-state index contributed by atoms with van der Waals surface area (Å²) in [5.41, 5.74) is -0.916. The minimum Gasteiger partial charge on any atom is -0.206 e. The van der Waals surface area contributed by atoms with Gasteiger partial charge in [0.1, 0.15) is 5.82 Å². The molecule has 0 amide bonds. The molecular formula is C10H9F4S+. The highest BCUT2D eigenvalue weighted by atomic mass is 32.2. The molecule has 0 N–H and O–H groups in total. The number of thioether (sulfide) groups is 1. The fourth-order valence-electron chi connectivity index (χ4n) is 1.05. The quantitative estimate of drug-likeness (QED) is 0.432. The van der Waals surface area contributed by atoms with Crippen molar-refractivity contribution < 1.29 is 17.6 Å². The first-order chi connectivity index (χ1) is 6.96. The van der Waals surface area contributed by atoms with Crippen LogP contribution in [0.15, 0.2) is 23.1 Å². The van der Waals surface area contributed by atoms with Crippen molar-refractivity contribution in [1.29, 1.82) is 0 Å². The molecule has 1 rings (SSSR count). The Morgan fingerprint density at radius 2 is 1.93 bits per heavy atom. The van der Waals surface area contributed by atoms with Crippen LogP contribution in [0.1, 0.15) is 12.0 Å². The van der Waals surface area contributed by atoms with Gasteiger partial charge in [-0.1, -0.05) is 6.07 Å². The molecule has 82 valence electrons. The number of benzene rings is 1. The van der Waals surface area contributed by atoms with Gasteiger partial charge in [-0.15, -0.1) is 11.8 Å². The summed E-state index contributed by atoms with van der Waals surface area (Å²) in [5.74, 6) is -0.465. The van der Waals surface area contributed by atoms with E-state index < -0.39 is 17.6 Å². The lowest BCUT2D eigenvalue weighted by atomic mass is 10.2. The molecule has 5 heteroatoms. The average molecular weight is 237 g/mol. The van der Waals surface area contributed by atoms with E-state index in [0.29, 0.717) is 12.2 Å². The van der Waals surface area contributed by atoms with Gasteiger partial charge in [-0.25, -0.2) is 4.39 Å². The van der Waals surface area contributed by atoms with Crippen LogP contribution in [0.5, 0.6) is 0 Å². The van der Waals surface area contributed by atoms with E-state index in [1.54, 1.807) is 0 Å². The maximum atomic E-state index is 13.2. The summed E-state index contributed by atoms with van der Waals surface area (Å²) in [5, 5.41) is 0. The van der Waals surface area contributed by atoms with Crippen LogP contribution in [0.3, 0.4) is 0 Å². The molecule has 1 aromatic rings. The summed E-state index contributed by atoms with van der Waals surface area (Å²) < 4.78 is 50.5. The smallest absolute Gasteiger partial charge is 0.206 e. The van der Waals surface area contributed by atoms with Gasteiger partial charge in [-0.3, -0.25) is 0 Å². The Kier molecular flexibility index (Phi) is 3.90. The van der Waals surface area contributed by atoms with Gasteiger partial charge in [0.25, 0.3) is 0 Å². The number of alkyl halides is 3. The Labute approximate surface area is 89.7 Å².